The number of aryl methyl sites for hydroxylation is 1. The monoisotopic (exact) mass is 180 g/mol. The van der Waals surface area contributed by atoms with E-state index in [1.807, 2.05) is 44.6 Å². The summed E-state index contributed by atoms with van der Waals surface area (Å²) in [6.07, 6.45) is 0. The Kier molecular flexibility index (Phi) is 2.76. The van der Waals surface area contributed by atoms with E-state index in [1.165, 1.54) is 0 Å². The lowest BCUT2D eigenvalue weighted by molar-refractivity contribution is 0.0793. The van der Waals surface area contributed by atoms with Crippen molar-refractivity contribution in [2.24, 2.45) is 7.05 Å². The maximum atomic E-state index is 11.7. The van der Waals surface area contributed by atoms with E-state index in [2.05, 4.69) is 0 Å². The molecule has 13 heavy (non-hydrogen) atoms. The van der Waals surface area contributed by atoms with Gasteiger partial charge in [-0.25, -0.2) is 0 Å². The quantitative estimate of drug-likeness (QED) is 0.675. The van der Waals surface area contributed by atoms with E-state index in [4.69, 9.17) is 0 Å². The van der Waals surface area contributed by atoms with Crippen LogP contribution in [0, 0.1) is 6.92 Å². The summed E-state index contributed by atoms with van der Waals surface area (Å²) in [4.78, 5) is 13.4. The zero-order valence-corrected chi connectivity index (χ0v) is 8.66. The van der Waals surface area contributed by atoms with Crippen LogP contribution < -0.4 is 0 Å². The van der Waals surface area contributed by atoms with Crippen molar-refractivity contribution in [3.63, 3.8) is 0 Å². The van der Waals surface area contributed by atoms with Gasteiger partial charge in [-0.05, 0) is 26.0 Å². The molecule has 0 spiro atoms. The van der Waals surface area contributed by atoms with Gasteiger partial charge in [0.15, 0.2) is 0 Å². The molecule has 3 heteroatoms. The fourth-order valence-electron chi connectivity index (χ4n) is 1.17. The molecule has 0 N–H and O–H groups in total. The molecule has 0 atom stereocenters. The van der Waals surface area contributed by atoms with Crippen LogP contribution in [0.3, 0.4) is 0 Å². The van der Waals surface area contributed by atoms with Crippen LogP contribution >= 0.6 is 0 Å². The summed E-state index contributed by atoms with van der Waals surface area (Å²) >= 11 is 0. The first kappa shape index (κ1) is 9.84. The second-order valence-electron chi connectivity index (χ2n) is 3.24. The predicted octanol–water partition coefficient (Wildman–Crippen LogP) is 1.43. The molecular weight excluding hydrogens is 164 g/mol. The molecule has 0 aliphatic rings. The molecule has 0 saturated heterocycles. The summed E-state index contributed by atoms with van der Waals surface area (Å²) in [5, 5.41) is 0. The number of rotatable bonds is 2. The fraction of sp³-hybridized carbons (Fsp3) is 0.500. The van der Waals surface area contributed by atoms with Gasteiger partial charge in [0.05, 0.1) is 0 Å². The minimum atomic E-state index is 0.0816. The number of hydrogen-bond acceptors (Lipinski definition) is 1. The second kappa shape index (κ2) is 3.64. The van der Waals surface area contributed by atoms with Crippen molar-refractivity contribution in [2.75, 3.05) is 13.6 Å². The van der Waals surface area contributed by atoms with E-state index in [1.54, 1.807) is 4.90 Å². The number of aromatic nitrogens is 1. The lowest BCUT2D eigenvalue weighted by Gasteiger charge is -2.14. The van der Waals surface area contributed by atoms with Gasteiger partial charge >= 0.3 is 0 Å². The Morgan fingerprint density at radius 3 is 2.54 bits per heavy atom. The lowest BCUT2D eigenvalue weighted by atomic mass is 10.4. The largest absolute Gasteiger partial charge is 0.344 e. The Labute approximate surface area is 79.0 Å². The van der Waals surface area contributed by atoms with Crippen LogP contribution in [-0.4, -0.2) is 29.0 Å². The van der Waals surface area contributed by atoms with Crippen LogP contribution in [0.25, 0.3) is 0 Å². The molecular formula is C10H16N2O. The van der Waals surface area contributed by atoms with Crippen molar-refractivity contribution in [1.29, 1.82) is 0 Å². The molecule has 1 aromatic rings. The summed E-state index contributed by atoms with van der Waals surface area (Å²) < 4.78 is 1.91. The molecule has 0 bridgehead atoms. The smallest absolute Gasteiger partial charge is 0.270 e. The molecule has 3 nitrogen and oxygen atoms in total. The maximum Gasteiger partial charge on any atom is 0.270 e. The van der Waals surface area contributed by atoms with Crippen LogP contribution in [0.2, 0.25) is 0 Å². The third kappa shape index (κ3) is 1.74. The molecule has 0 unspecified atom stereocenters. The van der Waals surface area contributed by atoms with Gasteiger partial charge < -0.3 is 9.47 Å². The van der Waals surface area contributed by atoms with Gasteiger partial charge in [0.25, 0.3) is 5.91 Å². The van der Waals surface area contributed by atoms with Gasteiger partial charge in [-0.15, -0.1) is 0 Å². The zero-order chi connectivity index (χ0) is 10.0. The van der Waals surface area contributed by atoms with Crippen LogP contribution in [0.4, 0.5) is 0 Å². The number of carbonyl (C=O) groups excluding carboxylic acids is 1. The first-order valence-corrected chi connectivity index (χ1v) is 4.45. The Morgan fingerprint density at radius 1 is 1.54 bits per heavy atom. The van der Waals surface area contributed by atoms with Gasteiger partial charge in [0.1, 0.15) is 5.69 Å². The summed E-state index contributed by atoms with van der Waals surface area (Å²) in [5.74, 6) is 0.0816. The van der Waals surface area contributed by atoms with Crippen molar-refractivity contribution in [1.82, 2.24) is 9.47 Å². The summed E-state index contributed by atoms with van der Waals surface area (Å²) in [7, 11) is 3.72. The SMILES string of the molecule is CCN(C)C(=O)c1ccc(C)n1C. The van der Waals surface area contributed by atoms with E-state index in [9.17, 15) is 4.79 Å². The highest BCUT2D eigenvalue weighted by atomic mass is 16.2. The summed E-state index contributed by atoms with van der Waals surface area (Å²) in [6.45, 7) is 4.69. The molecule has 0 fully saturated rings. The number of carbonyl (C=O) groups is 1. The first-order valence-electron chi connectivity index (χ1n) is 4.45. The average Bonchev–Trinajstić information content (AvgIpc) is 2.45. The third-order valence-electron chi connectivity index (χ3n) is 2.41. The van der Waals surface area contributed by atoms with Crippen LogP contribution in [0.5, 0.6) is 0 Å². The predicted molar refractivity (Wildman–Crippen MR) is 52.8 cm³/mol. The van der Waals surface area contributed by atoms with Gasteiger partial charge in [0.2, 0.25) is 0 Å². The molecule has 0 aliphatic carbocycles. The molecule has 1 amide bonds. The van der Waals surface area contributed by atoms with Gasteiger partial charge in [-0.2, -0.15) is 0 Å². The van der Waals surface area contributed by atoms with Crippen LogP contribution in [0.15, 0.2) is 12.1 Å². The van der Waals surface area contributed by atoms with E-state index in [0.29, 0.717) is 0 Å². The Bertz CT molecular complexity index is 315. The topological polar surface area (TPSA) is 25.2 Å². The highest BCUT2D eigenvalue weighted by Crippen LogP contribution is 2.07. The zero-order valence-electron chi connectivity index (χ0n) is 8.66. The third-order valence-corrected chi connectivity index (χ3v) is 2.41. The summed E-state index contributed by atoms with van der Waals surface area (Å²) in [5.41, 5.74) is 1.86. The highest BCUT2D eigenvalue weighted by Gasteiger charge is 2.13. The number of amides is 1. The molecule has 0 radical (unpaired) electrons. The molecule has 0 aliphatic heterocycles. The highest BCUT2D eigenvalue weighted by molar-refractivity contribution is 5.92. The Hall–Kier alpha value is -1.25. The van der Waals surface area contributed by atoms with Gasteiger partial charge in [-0.3, -0.25) is 4.79 Å². The van der Waals surface area contributed by atoms with Crippen molar-refractivity contribution in [3.8, 4) is 0 Å². The molecule has 72 valence electrons. The second-order valence-corrected chi connectivity index (χ2v) is 3.24. The Balaban J connectivity index is 2.95. The normalized spacial score (nSPS) is 10.2. The Morgan fingerprint density at radius 2 is 2.15 bits per heavy atom. The van der Waals surface area contributed by atoms with Crippen molar-refractivity contribution in [3.05, 3.63) is 23.5 Å². The molecule has 0 aromatic carbocycles. The lowest BCUT2D eigenvalue weighted by Crippen LogP contribution is -2.28. The van der Waals surface area contributed by atoms with E-state index in [0.717, 1.165) is 17.9 Å². The minimum Gasteiger partial charge on any atom is -0.344 e. The molecule has 1 heterocycles. The molecule has 1 rings (SSSR count). The fourth-order valence-corrected chi connectivity index (χ4v) is 1.17. The van der Waals surface area contributed by atoms with Gasteiger partial charge in [0, 0.05) is 26.3 Å². The molecule has 0 saturated carbocycles. The first-order chi connectivity index (χ1) is 6.07. The van der Waals surface area contributed by atoms with Crippen LogP contribution in [0.1, 0.15) is 23.1 Å². The van der Waals surface area contributed by atoms with Crippen LogP contribution in [-0.2, 0) is 7.05 Å². The summed E-state index contributed by atoms with van der Waals surface area (Å²) in [6, 6.07) is 3.82. The molecule has 1 aromatic heterocycles. The van der Waals surface area contributed by atoms with E-state index < -0.39 is 0 Å². The minimum absolute atomic E-state index is 0.0816. The number of hydrogen-bond donors (Lipinski definition) is 0. The van der Waals surface area contributed by atoms with Gasteiger partial charge in [-0.1, -0.05) is 0 Å². The maximum absolute atomic E-state index is 11.7. The standard InChI is InChI=1S/C10H16N2O/c1-5-11(3)10(13)9-7-6-8(2)12(9)4/h6-7H,5H2,1-4H3. The van der Waals surface area contributed by atoms with Crippen molar-refractivity contribution < 1.29 is 4.79 Å². The van der Waals surface area contributed by atoms with E-state index >= 15 is 0 Å². The average molecular weight is 180 g/mol. The van der Waals surface area contributed by atoms with Crippen molar-refractivity contribution >= 4 is 5.91 Å². The van der Waals surface area contributed by atoms with Crippen molar-refractivity contribution in [2.45, 2.75) is 13.8 Å². The van der Waals surface area contributed by atoms with E-state index in [-0.39, 0.29) is 5.91 Å². The number of nitrogens with zero attached hydrogens (tertiary/aromatic N) is 2.